The number of nitrogens with two attached hydrogens (primary N) is 1. The zero-order valence-corrected chi connectivity index (χ0v) is 14.0. The van der Waals surface area contributed by atoms with Crippen molar-refractivity contribution in [2.24, 2.45) is 11.3 Å². The maximum absolute atomic E-state index is 6.32. The largest absolute Gasteiger partial charge is 0.390 e. The van der Waals surface area contributed by atoms with E-state index in [-0.39, 0.29) is 0 Å². The first-order valence-corrected chi connectivity index (χ1v) is 8.66. The van der Waals surface area contributed by atoms with Gasteiger partial charge in [-0.3, -0.25) is 4.98 Å². The number of pyridine rings is 1. The summed E-state index contributed by atoms with van der Waals surface area (Å²) < 4.78 is 0. The third-order valence-electron chi connectivity index (χ3n) is 5.23. The van der Waals surface area contributed by atoms with Gasteiger partial charge in [-0.1, -0.05) is 33.3 Å². The first-order chi connectivity index (χ1) is 10.0. The second-order valence-corrected chi connectivity index (χ2v) is 7.88. The van der Waals surface area contributed by atoms with Crippen LogP contribution in [-0.4, -0.2) is 4.98 Å². The molecule has 2 aromatic heterocycles. The lowest BCUT2D eigenvalue weighted by Crippen LogP contribution is -2.28. The summed E-state index contributed by atoms with van der Waals surface area (Å²) in [5.74, 6) is 0.768. The molecule has 112 valence electrons. The van der Waals surface area contributed by atoms with Gasteiger partial charge in [0.05, 0.1) is 10.7 Å². The van der Waals surface area contributed by atoms with Gasteiger partial charge in [0.1, 0.15) is 0 Å². The Balaban J connectivity index is 1.97. The van der Waals surface area contributed by atoms with Gasteiger partial charge < -0.3 is 5.73 Å². The van der Waals surface area contributed by atoms with Crippen molar-refractivity contribution in [3.63, 3.8) is 0 Å². The summed E-state index contributed by atoms with van der Waals surface area (Å²) in [5, 5.41) is 0.939. The van der Waals surface area contributed by atoms with Crippen LogP contribution in [0.1, 0.15) is 44.1 Å². The van der Waals surface area contributed by atoms with Gasteiger partial charge in [0.25, 0.3) is 0 Å². The average Bonchev–Trinajstić information content (AvgIpc) is 2.83. The lowest BCUT2D eigenvalue weighted by molar-refractivity contribution is 0.184. The molecule has 3 heteroatoms. The predicted octanol–water partition coefficient (Wildman–Crippen LogP) is 4.93. The van der Waals surface area contributed by atoms with Crippen LogP contribution in [0, 0.1) is 11.3 Å². The molecule has 0 saturated carbocycles. The molecule has 0 aromatic carbocycles. The van der Waals surface area contributed by atoms with Crippen LogP contribution in [0.15, 0.2) is 24.4 Å². The first kappa shape index (κ1) is 14.6. The normalized spacial score (nSPS) is 18.5. The summed E-state index contributed by atoms with van der Waals surface area (Å²) in [6.45, 7) is 7.11. The van der Waals surface area contributed by atoms with Crippen LogP contribution in [0.2, 0.25) is 0 Å². The number of aromatic nitrogens is 1. The summed E-state index contributed by atoms with van der Waals surface area (Å²) in [7, 11) is 0. The Morgan fingerprint density at radius 3 is 2.86 bits per heavy atom. The van der Waals surface area contributed by atoms with Gasteiger partial charge in [0, 0.05) is 16.6 Å². The number of rotatable bonds is 3. The number of thiophene rings is 1. The Hall–Kier alpha value is -1.35. The zero-order chi connectivity index (χ0) is 15.0. The SMILES string of the molecule is CCC(C)(C)C1CCc2c(sc(N)c2-c2ccccn2)C1. The minimum absolute atomic E-state index is 0.418. The summed E-state index contributed by atoms with van der Waals surface area (Å²) in [4.78, 5) is 5.99. The molecule has 0 aliphatic heterocycles. The van der Waals surface area contributed by atoms with Gasteiger partial charge in [-0.2, -0.15) is 0 Å². The molecule has 2 aromatic rings. The van der Waals surface area contributed by atoms with Crippen LogP contribution < -0.4 is 5.73 Å². The Bertz CT molecular complexity index is 628. The van der Waals surface area contributed by atoms with E-state index in [4.69, 9.17) is 5.73 Å². The van der Waals surface area contributed by atoms with Crippen LogP contribution in [0.3, 0.4) is 0 Å². The van der Waals surface area contributed by atoms with E-state index in [1.54, 1.807) is 11.3 Å². The molecule has 0 radical (unpaired) electrons. The van der Waals surface area contributed by atoms with E-state index >= 15 is 0 Å². The molecule has 1 aliphatic rings. The molecule has 2 heterocycles. The second kappa shape index (κ2) is 5.45. The topological polar surface area (TPSA) is 38.9 Å². The van der Waals surface area contributed by atoms with Gasteiger partial charge in [0.15, 0.2) is 0 Å². The van der Waals surface area contributed by atoms with Crippen LogP contribution in [-0.2, 0) is 12.8 Å². The van der Waals surface area contributed by atoms with E-state index in [0.29, 0.717) is 5.41 Å². The van der Waals surface area contributed by atoms with Gasteiger partial charge in [-0.15, -0.1) is 11.3 Å². The van der Waals surface area contributed by atoms with Gasteiger partial charge in [0.2, 0.25) is 0 Å². The highest BCUT2D eigenvalue weighted by atomic mass is 32.1. The number of hydrogen-bond donors (Lipinski definition) is 1. The number of anilines is 1. The molecule has 0 spiro atoms. The van der Waals surface area contributed by atoms with Crippen molar-refractivity contribution in [2.75, 3.05) is 5.73 Å². The highest BCUT2D eigenvalue weighted by Gasteiger charge is 2.33. The Kier molecular flexibility index (Phi) is 3.78. The molecule has 1 aliphatic carbocycles. The van der Waals surface area contributed by atoms with Crippen molar-refractivity contribution in [3.8, 4) is 11.3 Å². The van der Waals surface area contributed by atoms with Gasteiger partial charge in [-0.25, -0.2) is 0 Å². The summed E-state index contributed by atoms with van der Waals surface area (Å²) in [6.07, 6.45) is 6.68. The number of nitrogens with zero attached hydrogens (tertiary/aromatic N) is 1. The first-order valence-electron chi connectivity index (χ1n) is 7.84. The highest BCUT2D eigenvalue weighted by Crippen LogP contribution is 2.47. The molecule has 0 bridgehead atoms. The van der Waals surface area contributed by atoms with Gasteiger partial charge in [-0.05, 0) is 48.3 Å². The maximum Gasteiger partial charge on any atom is 0.0957 e. The van der Waals surface area contributed by atoms with E-state index in [1.165, 1.54) is 35.3 Å². The minimum atomic E-state index is 0.418. The quantitative estimate of drug-likeness (QED) is 0.872. The molecule has 2 N–H and O–H groups in total. The lowest BCUT2D eigenvalue weighted by atomic mass is 9.69. The van der Waals surface area contributed by atoms with E-state index in [0.717, 1.165) is 23.0 Å². The molecule has 2 nitrogen and oxygen atoms in total. The predicted molar refractivity (Wildman–Crippen MR) is 91.5 cm³/mol. The third-order valence-corrected chi connectivity index (χ3v) is 6.31. The van der Waals surface area contributed by atoms with E-state index in [1.807, 2.05) is 18.3 Å². The number of hydrogen-bond acceptors (Lipinski definition) is 3. The maximum atomic E-state index is 6.32. The van der Waals surface area contributed by atoms with E-state index in [9.17, 15) is 0 Å². The van der Waals surface area contributed by atoms with Crippen molar-refractivity contribution in [1.29, 1.82) is 0 Å². The minimum Gasteiger partial charge on any atom is -0.390 e. The van der Waals surface area contributed by atoms with Crippen molar-refractivity contribution in [1.82, 2.24) is 4.98 Å². The highest BCUT2D eigenvalue weighted by molar-refractivity contribution is 7.16. The molecule has 0 amide bonds. The Labute approximate surface area is 131 Å². The van der Waals surface area contributed by atoms with Crippen LogP contribution in [0.5, 0.6) is 0 Å². The number of nitrogen functional groups attached to an aromatic ring is 1. The third kappa shape index (κ3) is 2.59. The Morgan fingerprint density at radius 1 is 1.38 bits per heavy atom. The summed E-state index contributed by atoms with van der Waals surface area (Å²) >= 11 is 1.78. The smallest absolute Gasteiger partial charge is 0.0957 e. The van der Waals surface area contributed by atoms with Crippen LogP contribution in [0.25, 0.3) is 11.3 Å². The fraction of sp³-hybridized carbons (Fsp3) is 0.500. The fourth-order valence-corrected chi connectivity index (χ4v) is 4.56. The Morgan fingerprint density at radius 2 is 2.19 bits per heavy atom. The molecule has 0 fully saturated rings. The molecule has 21 heavy (non-hydrogen) atoms. The zero-order valence-electron chi connectivity index (χ0n) is 13.1. The van der Waals surface area contributed by atoms with Gasteiger partial charge >= 0.3 is 0 Å². The van der Waals surface area contributed by atoms with Crippen LogP contribution in [0.4, 0.5) is 5.00 Å². The monoisotopic (exact) mass is 300 g/mol. The fourth-order valence-electron chi connectivity index (χ4n) is 3.35. The van der Waals surface area contributed by atoms with Crippen molar-refractivity contribution < 1.29 is 0 Å². The van der Waals surface area contributed by atoms with E-state index < -0.39 is 0 Å². The molecule has 3 rings (SSSR count). The standard InChI is InChI=1S/C18H24N2S/c1-4-18(2,3)12-8-9-13-15(11-12)21-17(19)16(13)14-7-5-6-10-20-14/h5-7,10,12H,4,8-9,11,19H2,1-3H3. The summed E-state index contributed by atoms with van der Waals surface area (Å²) in [6, 6.07) is 6.07. The summed E-state index contributed by atoms with van der Waals surface area (Å²) in [5.41, 5.74) is 10.4. The molecule has 1 unspecified atom stereocenters. The average molecular weight is 300 g/mol. The van der Waals surface area contributed by atoms with Crippen molar-refractivity contribution in [2.45, 2.75) is 46.5 Å². The second-order valence-electron chi connectivity index (χ2n) is 6.74. The van der Waals surface area contributed by atoms with Crippen LogP contribution >= 0.6 is 11.3 Å². The van der Waals surface area contributed by atoms with Crippen molar-refractivity contribution in [3.05, 3.63) is 34.8 Å². The molecule has 0 saturated heterocycles. The van der Waals surface area contributed by atoms with Crippen molar-refractivity contribution >= 4 is 16.3 Å². The lowest BCUT2D eigenvalue weighted by Gasteiger charge is -2.36. The van der Waals surface area contributed by atoms with E-state index in [2.05, 4.69) is 31.8 Å². The molecular weight excluding hydrogens is 276 g/mol. The number of fused-ring (bicyclic) bond motifs is 1. The molecule has 1 atom stereocenters. The molecular formula is C18H24N2S.